The van der Waals surface area contributed by atoms with E-state index in [1.54, 1.807) is 26.6 Å². The Morgan fingerprint density at radius 2 is 1.67 bits per heavy atom. The van der Waals surface area contributed by atoms with Crippen LogP contribution in [0.1, 0.15) is 28.7 Å². The molecule has 1 aliphatic heterocycles. The molecule has 8 heteroatoms. The van der Waals surface area contributed by atoms with Gasteiger partial charge in [0.2, 0.25) is 0 Å². The first-order valence-corrected chi connectivity index (χ1v) is 9.44. The van der Waals surface area contributed by atoms with Crippen LogP contribution in [0.5, 0.6) is 0 Å². The molecule has 0 unspecified atom stereocenters. The summed E-state index contributed by atoms with van der Waals surface area (Å²) in [4.78, 5) is 28.1. The average Bonchev–Trinajstić information content (AvgIpc) is 2.95. The van der Waals surface area contributed by atoms with Gasteiger partial charge in [0.25, 0.3) is 5.91 Å². The minimum absolute atomic E-state index is 0.0245. The summed E-state index contributed by atoms with van der Waals surface area (Å²) in [5.41, 5.74) is 3.13. The van der Waals surface area contributed by atoms with E-state index >= 15 is 0 Å². The highest BCUT2D eigenvalue weighted by molar-refractivity contribution is 6.31. The number of aryl methyl sites for hydroxylation is 1. The molecule has 0 saturated carbocycles. The number of urea groups is 1. The summed E-state index contributed by atoms with van der Waals surface area (Å²) in [5.74, 6) is -0.0245. The maximum atomic E-state index is 12.7. The molecule has 1 aromatic carbocycles. The normalized spacial score (nSPS) is 14.4. The van der Waals surface area contributed by atoms with Gasteiger partial charge in [-0.25, -0.2) is 9.48 Å². The SMILES string of the molecule is CCNC(=O)N1CCN(C(=O)c2ccc(-n3nc(C)c(Cl)c3C)cc2)CC1. The molecule has 1 saturated heterocycles. The first-order chi connectivity index (χ1) is 12.9. The molecule has 144 valence electrons. The molecule has 0 bridgehead atoms. The number of halogens is 1. The fourth-order valence-corrected chi connectivity index (χ4v) is 3.30. The molecule has 0 atom stereocenters. The average molecular weight is 390 g/mol. The minimum atomic E-state index is -0.0718. The number of carbonyl (C=O) groups is 2. The molecule has 1 N–H and O–H groups in total. The number of hydrogen-bond donors (Lipinski definition) is 1. The number of rotatable bonds is 3. The van der Waals surface area contributed by atoms with Crippen LogP contribution in [0, 0.1) is 13.8 Å². The van der Waals surface area contributed by atoms with Gasteiger partial charge in [-0.15, -0.1) is 0 Å². The Hall–Kier alpha value is -2.54. The van der Waals surface area contributed by atoms with E-state index in [2.05, 4.69) is 10.4 Å². The highest BCUT2D eigenvalue weighted by Gasteiger charge is 2.24. The molecule has 1 aromatic heterocycles. The van der Waals surface area contributed by atoms with Gasteiger partial charge in [0, 0.05) is 38.3 Å². The van der Waals surface area contributed by atoms with Crippen LogP contribution < -0.4 is 5.32 Å². The van der Waals surface area contributed by atoms with Crippen molar-refractivity contribution >= 4 is 23.5 Å². The highest BCUT2D eigenvalue weighted by Crippen LogP contribution is 2.22. The van der Waals surface area contributed by atoms with Gasteiger partial charge in [-0.05, 0) is 45.0 Å². The van der Waals surface area contributed by atoms with Gasteiger partial charge in [0.15, 0.2) is 0 Å². The van der Waals surface area contributed by atoms with Crippen molar-refractivity contribution in [1.29, 1.82) is 0 Å². The summed E-state index contributed by atoms with van der Waals surface area (Å²) in [5, 5.41) is 7.87. The summed E-state index contributed by atoms with van der Waals surface area (Å²) >= 11 is 6.21. The molecule has 0 radical (unpaired) electrons. The second-order valence-electron chi connectivity index (χ2n) is 6.56. The van der Waals surface area contributed by atoms with E-state index in [1.807, 2.05) is 32.9 Å². The van der Waals surface area contributed by atoms with Crippen molar-refractivity contribution in [3.63, 3.8) is 0 Å². The zero-order valence-electron chi connectivity index (χ0n) is 15.8. The fourth-order valence-electron chi connectivity index (χ4n) is 3.18. The Morgan fingerprint density at radius 1 is 1.07 bits per heavy atom. The van der Waals surface area contributed by atoms with Crippen molar-refractivity contribution in [3.05, 3.63) is 46.2 Å². The molecule has 2 aromatic rings. The summed E-state index contributed by atoms with van der Waals surface area (Å²) in [6.45, 7) is 8.42. The van der Waals surface area contributed by atoms with Gasteiger partial charge < -0.3 is 15.1 Å². The molecule has 7 nitrogen and oxygen atoms in total. The third kappa shape index (κ3) is 3.93. The van der Waals surface area contributed by atoms with Crippen LogP contribution in [0.25, 0.3) is 5.69 Å². The Labute approximate surface area is 163 Å². The summed E-state index contributed by atoms with van der Waals surface area (Å²) < 4.78 is 1.77. The molecule has 0 aliphatic carbocycles. The topological polar surface area (TPSA) is 70.5 Å². The zero-order chi connectivity index (χ0) is 19.6. The molecular formula is C19H24ClN5O2. The predicted molar refractivity (Wildman–Crippen MR) is 105 cm³/mol. The Bertz CT molecular complexity index is 839. The van der Waals surface area contributed by atoms with Crippen molar-refractivity contribution in [2.75, 3.05) is 32.7 Å². The number of nitrogens with zero attached hydrogens (tertiary/aromatic N) is 4. The van der Waals surface area contributed by atoms with E-state index < -0.39 is 0 Å². The highest BCUT2D eigenvalue weighted by atomic mass is 35.5. The quantitative estimate of drug-likeness (QED) is 0.877. The van der Waals surface area contributed by atoms with Gasteiger partial charge >= 0.3 is 6.03 Å². The van der Waals surface area contributed by atoms with Crippen LogP contribution in [-0.4, -0.2) is 64.2 Å². The molecule has 2 heterocycles. The van der Waals surface area contributed by atoms with Crippen LogP contribution in [0.3, 0.4) is 0 Å². The van der Waals surface area contributed by atoms with E-state index in [9.17, 15) is 9.59 Å². The lowest BCUT2D eigenvalue weighted by molar-refractivity contribution is 0.0665. The van der Waals surface area contributed by atoms with Crippen LogP contribution >= 0.6 is 11.6 Å². The van der Waals surface area contributed by atoms with Crippen LogP contribution in [0.2, 0.25) is 5.02 Å². The number of piperazine rings is 1. The Balaban J connectivity index is 1.66. The van der Waals surface area contributed by atoms with Crippen LogP contribution in [0.15, 0.2) is 24.3 Å². The van der Waals surface area contributed by atoms with Gasteiger partial charge in [-0.1, -0.05) is 11.6 Å². The lowest BCUT2D eigenvalue weighted by Gasteiger charge is -2.34. The summed E-state index contributed by atoms with van der Waals surface area (Å²) in [6, 6.07) is 7.27. The monoisotopic (exact) mass is 389 g/mol. The number of amides is 3. The third-order valence-corrected chi connectivity index (χ3v) is 5.29. The van der Waals surface area contributed by atoms with Crippen molar-refractivity contribution in [2.24, 2.45) is 0 Å². The molecule has 27 heavy (non-hydrogen) atoms. The third-order valence-electron chi connectivity index (χ3n) is 4.74. The van der Waals surface area contributed by atoms with Gasteiger partial charge in [-0.2, -0.15) is 5.10 Å². The first-order valence-electron chi connectivity index (χ1n) is 9.06. The first kappa shape index (κ1) is 19.2. The lowest BCUT2D eigenvalue weighted by Crippen LogP contribution is -2.53. The zero-order valence-corrected chi connectivity index (χ0v) is 16.6. The number of nitrogens with one attached hydrogen (secondary N) is 1. The molecule has 1 aliphatic rings. The summed E-state index contributed by atoms with van der Waals surface area (Å²) in [7, 11) is 0. The molecule has 0 spiro atoms. The lowest BCUT2D eigenvalue weighted by atomic mass is 10.1. The number of aromatic nitrogens is 2. The van der Waals surface area contributed by atoms with Crippen molar-refractivity contribution < 1.29 is 9.59 Å². The van der Waals surface area contributed by atoms with Gasteiger partial charge in [0.05, 0.1) is 22.1 Å². The minimum Gasteiger partial charge on any atom is -0.338 e. The molecule has 1 fully saturated rings. The standard InChI is InChI=1S/C19H24ClN5O2/c1-4-21-19(27)24-11-9-23(10-12-24)18(26)15-5-7-16(8-6-15)25-14(3)17(20)13(2)22-25/h5-8H,4,9-12H2,1-3H3,(H,21,27). The fraction of sp³-hybridized carbons (Fsp3) is 0.421. The van der Waals surface area contributed by atoms with Crippen LogP contribution in [0.4, 0.5) is 4.79 Å². The molecular weight excluding hydrogens is 366 g/mol. The Morgan fingerprint density at radius 3 is 2.19 bits per heavy atom. The van der Waals surface area contributed by atoms with Gasteiger partial charge in [-0.3, -0.25) is 4.79 Å². The van der Waals surface area contributed by atoms with Crippen molar-refractivity contribution in [2.45, 2.75) is 20.8 Å². The number of carbonyl (C=O) groups excluding carboxylic acids is 2. The second-order valence-corrected chi connectivity index (χ2v) is 6.94. The maximum absolute atomic E-state index is 12.7. The number of hydrogen-bond acceptors (Lipinski definition) is 3. The number of benzene rings is 1. The Kier molecular flexibility index (Phi) is 5.70. The van der Waals surface area contributed by atoms with E-state index in [1.165, 1.54) is 0 Å². The smallest absolute Gasteiger partial charge is 0.317 e. The van der Waals surface area contributed by atoms with Crippen LogP contribution in [-0.2, 0) is 0 Å². The second kappa shape index (κ2) is 8.00. The maximum Gasteiger partial charge on any atom is 0.317 e. The summed E-state index contributed by atoms with van der Waals surface area (Å²) in [6.07, 6.45) is 0. The van der Waals surface area contributed by atoms with E-state index in [0.29, 0.717) is 43.3 Å². The van der Waals surface area contributed by atoms with Crippen molar-refractivity contribution in [1.82, 2.24) is 24.9 Å². The molecule has 3 rings (SSSR count). The molecule has 3 amide bonds. The van der Waals surface area contributed by atoms with E-state index in [4.69, 9.17) is 11.6 Å². The predicted octanol–water partition coefficient (Wildman–Crippen LogP) is 2.63. The van der Waals surface area contributed by atoms with E-state index in [-0.39, 0.29) is 11.9 Å². The van der Waals surface area contributed by atoms with Crippen molar-refractivity contribution in [3.8, 4) is 5.69 Å². The largest absolute Gasteiger partial charge is 0.338 e. The van der Waals surface area contributed by atoms with Gasteiger partial charge in [0.1, 0.15) is 0 Å². The van der Waals surface area contributed by atoms with E-state index in [0.717, 1.165) is 17.1 Å².